The lowest BCUT2D eigenvalue weighted by Crippen LogP contribution is -2.65. The molecule has 1 N–H and O–H groups in total. The van der Waals surface area contributed by atoms with Crippen LogP contribution in [-0.4, -0.2) is 28.4 Å². The first-order valence-corrected chi connectivity index (χ1v) is 8.87. The minimum absolute atomic E-state index is 0.0288. The Morgan fingerprint density at radius 2 is 1.87 bits per heavy atom. The lowest BCUT2D eigenvalue weighted by atomic mass is 9.44. The van der Waals surface area contributed by atoms with E-state index in [4.69, 9.17) is 0 Å². The molecule has 3 fully saturated rings. The number of aliphatic hydroxyl groups is 1. The Morgan fingerprint density at radius 1 is 1.13 bits per heavy atom. The molecule has 4 aliphatic rings. The highest BCUT2D eigenvalue weighted by Crippen LogP contribution is 2.66. The number of halogens is 1. The number of hydrogen-bond donors (Lipinski definition) is 1. The van der Waals surface area contributed by atoms with Gasteiger partial charge in [-0.05, 0) is 55.6 Å². The van der Waals surface area contributed by atoms with Gasteiger partial charge >= 0.3 is 0 Å². The quantitative estimate of drug-likeness (QED) is 0.746. The third-order valence-electron chi connectivity index (χ3n) is 7.84. The van der Waals surface area contributed by atoms with Gasteiger partial charge in [0.25, 0.3) is 0 Å². The van der Waals surface area contributed by atoms with Gasteiger partial charge in [0.2, 0.25) is 0 Å². The Bertz CT molecular complexity index is 626. The first-order valence-electron chi connectivity index (χ1n) is 8.87. The van der Waals surface area contributed by atoms with Crippen LogP contribution in [0.2, 0.25) is 0 Å². The van der Waals surface area contributed by atoms with Crippen LogP contribution < -0.4 is 0 Å². The molecule has 0 radical (unpaired) electrons. The predicted molar refractivity (Wildman–Crippen MR) is 83.5 cm³/mol. The van der Waals surface area contributed by atoms with E-state index in [1.165, 1.54) is 6.08 Å². The van der Waals surface area contributed by atoms with E-state index in [0.29, 0.717) is 37.7 Å². The maximum atomic E-state index is 14.9. The van der Waals surface area contributed by atoms with Gasteiger partial charge in [-0.1, -0.05) is 13.8 Å². The standard InChI is InChI=1S/C19H25FO3/c1-17-7-8-19(23)13(12(17)3-4-16(17)22)10-15(20)14-9-11(21)5-6-18(14,19)2/h9,12-13,15,23H,3-8,10H2,1-2H3/t12-,13-,15?,17-,18-,19-/m0/s1. The van der Waals surface area contributed by atoms with Crippen molar-refractivity contribution in [1.29, 1.82) is 0 Å². The van der Waals surface area contributed by atoms with Crippen molar-refractivity contribution in [2.45, 2.75) is 70.6 Å². The second-order valence-electron chi connectivity index (χ2n) is 8.62. The molecule has 0 spiro atoms. The molecule has 0 aliphatic heterocycles. The number of Topliss-reactive ketones (excluding diaryl/α,β-unsaturated/α-hetero) is 1. The van der Waals surface area contributed by atoms with E-state index >= 15 is 0 Å². The molecule has 0 aromatic heterocycles. The van der Waals surface area contributed by atoms with Crippen molar-refractivity contribution in [3.8, 4) is 0 Å². The lowest BCUT2D eigenvalue weighted by molar-refractivity contribution is -0.196. The van der Waals surface area contributed by atoms with Crippen LogP contribution in [0.5, 0.6) is 0 Å². The third kappa shape index (κ3) is 1.73. The van der Waals surface area contributed by atoms with Crippen molar-refractivity contribution in [2.24, 2.45) is 22.7 Å². The van der Waals surface area contributed by atoms with Gasteiger partial charge in [0.1, 0.15) is 12.0 Å². The van der Waals surface area contributed by atoms with E-state index in [1.807, 2.05) is 13.8 Å². The van der Waals surface area contributed by atoms with Gasteiger partial charge in [0, 0.05) is 23.7 Å². The van der Waals surface area contributed by atoms with Crippen LogP contribution in [0.4, 0.5) is 4.39 Å². The highest BCUT2D eigenvalue weighted by Gasteiger charge is 2.67. The van der Waals surface area contributed by atoms with Gasteiger partial charge in [-0.2, -0.15) is 0 Å². The Kier molecular flexibility index (Phi) is 3.05. The zero-order valence-electron chi connectivity index (χ0n) is 13.9. The normalized spacial score (nSPS) is 52.5. The number of hydrogen-bond acceptors (Lipinski definition) is 3. The summed E-state index contributed by atoms with van der Waals surface area (Å²) in [4.78, 5) is 24.1. The van der Waals surface area contributed by atoms with Crippen LogP contribution in [0.15, 0.2) is 11.6 Å². The minimum atomic E-state index is -1.17. The van der Waals surface area contributed by atoms with Crippen molar-refractivity contribution in [3.05, 3.63) is 11.6 Å². The fraction of sp³-hybridized carbons (Fsp3) is 0.789. The smallest absolute Gasteiger partial charge is 0.155 e. The molecule has 4 aliphatic carbocycles. The van der Waals surface area contributed by atoms with Gasteiger partial charge in [0.15, 0.2) is 5.78 Å². The zero-order valence-corrected chi connectivity index (χ0v) is 13.9. The average Bonchev–Trinajstić information content (AvgIpc) is 2.80. The van der Waals surface area contributed by atoms with E-state index in [-0.39, 0.29) is 29.8 Å². The number of alkyl halides is 1. The number of ketones is 2. The van der Waals surface area contributed by atoms with Crippen molar-refractivity contribution >= 4 is 11.6 Å². The van der Waals surface area contributed by atoms with E-state index < -0.39 is 22.6 Å². The SMILES string of the molecule is C[C@]12CCC(=O)C=C1C(F)C[C@H]1[C@@H]3CCC(=O)[C@@]3(C)CC[C@]12O. The summed E-state index contributed by atoms with van der Waals surface area (Å²) in [6.07, 6.45) is 3.96. The number of carbonyl (C=O) groups excluding carboxylic acids is 2. The molecular weight excluding hydrogens is 295 g/mol. The molecule has 0 heterocycles. The van der Waals surface area contributed by atoms with Crippen molar-refractivity contribution in [2.75, 3.05) is 0 Å². The molecule has 3 saturated carbocycles. The molecule has 0 aromatic rings. The lowest BCUT2D eigenvalue weighted by Gasteiger charge is -2.62. The first-order chi connectivity index (χ1) is 10.7. The zero-order chi connectivity index (χ0) is 16.6. The topological polar surface area (TPSA) is 54.4 Å². The van der Waals surface area contributed by atoms with Crippen LogP contribution in [0, 0.1) is 22.7 Å². The Morgan fingerprint density at radius 3 is 2.61 bits per heavy atom. The van der Waals surface area contributed by atoms with E-state index in [2.05, 4.69) is 0 Å². The molecular formula is C19H25FO3. The maximum Gasteiger partial charge on any atom is 0.155 e. The average molecular weight is 320 g/mol. The second-order valence-corrected chi connectivity index (χ2v) is 8.62. The summed E-state index contributed by atoms with van der Waals surface area (Å²) >= 11 is 0. The highest BCUT2D eigenvalue weighted by atomic mass is 19.1. The van der Waals surface area contributed by atoms with Gasteiger partial charge in [-0.3, -0.25) is 9.59 Å². The second kappa shape index (κ2) is 4.53. The van der Waals surface area contributed by atoms with Crippen LogP contribution >= 0.6 is 0 Å². The number of carbonyl (C=O) groups is 2. The van der Waals surface area contributed by atoms with Crippen LogP contribution in [-0.2, 0) is 9.59 Å². The summed E-state index contributed by atoms with van der Waals surface area (Å²) in [7, 11) is 0. The Hall–Kier alpha value is -1.03. The molecule has 0 saturated heterocycles. The Balaban J connectivity index is 1.81. The highest BCUT2D eigenvalue weighted by molar-refractivity contribution is 5.92. The first kappa shape index (κ1) is 15.5. The summed E-state index contributed by atoms with van der Waals surface area (Å²) < 4.78 is 14.9. The van der Waals surface area contributed by atoms with Crippen molar-refractivity contribution in [1.82, 2.24) is 0 Å². The molecule has 4 heteroatoms. The molecule has 126 valence electrons. The van der Waals surface area contributed by atoms with Gasteiger partial charge in [-0.25, -0.2) is 4.39 Å². The fourth-order valence-corrected chi connectivity index (χ4v) is 6.26. The molecule has 1 unspecified atom stereocenters. The van der Waals surface area contributed by atoms with Gasteiger partial charge < -0.3 is 5.11 Å². The van der Waals surface area contributed by atoms with Crippen LogP contribution in [0.3, 0.4) is 0 Å². The van der Waals surface area contributed by atoms with E-state index in [1.54, 1.807) is 0 Å². The minimum Gasteiger partial charge on any atom is -0.389 e. The third-order valence-corrected chi connectivity index (χ3v) is 7.84. The molecule has 23 heavy (non-hydrogen) atoms. The monoisotopic (exact) mass is 320 g/mol. The summed E-state index contributed by atoms with van der Waals surface area (Å²) in [6, 6.07) is 0. The maximum absolute atomic E-state index is 14.9. The van der Waals surface area contributed by atoms with Gasteiger partial charge in [-0.15, -0.1) is 0 Å². The number of fused-ring (bicyclic) bond motifs is 5. The summed E-state index contributed by atoms with van der Waals surface area (Å²) in [5.41, 5.74) is -1.55. The van der Waals surface area contributed by atoms with Crippen LogP contribution in [0.1, 0.15) is 58.8 Å². The van der Waals surface area contributed by atoms with E-state index in [9.17, 15) is 19.1 Å². The Labute approximate surface area is 136 Å². The molecule has 6 atom stereocenters. The van der Waals surface area contributed by atoms with Crippen LogP contribution in [0.25, 0.3) is 0 Å². The number of rotatable bonds is 0. The van der Waals surface area contributed by atoms with Crippen molar-refractivity contribution in [3.63, 3.8) is 0 Å². The molecule has 0 bridgehead atoms. The largest absolute Gasteiger partial charge is 0.389 e. The molecule has 4 rings (SSSR count). The molecule has 0 aromatic carbocycles. The predicted octanol–water partition coefficient (Wildman–Crippen LogP) is 3.15. The van der Waals surface area contributed by atoms with E-state index in [0.717, 1.165) is 6.42 Å². The van der Waals surface area contributed by atoms with Gasteiger partial charge in [0.05, 0.1) is 5.60 Å². The summed E-state index contributed by atoms with van der Waals surface area (Å²) in [6.45, 7) is 3.95. The summed E-state index contributed by atoms with van der Waals surface area (Å²) in [5, 5.41) is 11.7. The molecule has 3 nitrogen and oxygen atoms in total. The fourth-order valence-electron chi connectivity index (χ4n) is 6.26. The molecule has 0 amide bonds. The summed E-state index contributed by atoms with van der Waals surface area (Å²) in [5.74, 6) is 0.144. The van der Waals surface area contributed by atoms with Crippen molar-refractivity contribution < 1.29 is 19.1 Å².